The number of fused-ring (bicyclic) bond motifs is 9. The molecule has 0 amide bonds. The molecule has 1 aromatic heterocycles. The maximum absolute atomic E-state index is 2.51. The highest BCUT2D eigenvalue weighted by molar-refractivity contribution is 6.09. The van der Waals surface area contributed by atoms with Crippen LogP contribution in [0.25, 0.3) is 60.9 Å². The Labute approximate surface area is 386 Å². The molecule has 13 rings (SSSR count). The lowest BCUT2D eigenvalue weighted by Gasteiger charge is -2.34. The molecule has 0 fully saturated rings. The summed E-state index contributed by atoms with van der Waals surface area (Å²) in [7, 11) is 0. The van der Waals surface area contributed by atoms with Gasteiger partial charge >= 0.3 is 0 Å². The third-order valence-corrected chi connectivity index (χ3v) is 14.7. The van der Waals surface area contributed by atoms with Crippen molar-refractivity contribution in [2.75, 3.05) is 4.90 Å². The first-order valence-electron chi connectivity index (χ1n) is 23.1. The normalized spacial score (nSPS) is 13.8. The van der Waals surface area contributed by atoms with E-state index in [1.165, 1.54) is 94.3 Å². The average Bonchev–Trinajstić information content (AvgIpc) is 3.96. The van der Waals surface area contributed by atoms with Crippen molar-refractivity contribution >= 4 is 38.9 Å². The first kappa shape index (κ1) is 38.3. The van der Waals surface area contributed by atoms with Gasteiger partial charge in [0.25, 0.3) is 0 Å². The van der Waals surface area contributed by atoms with Gasteiger partial charge in [-0.25, -0.2) is 0 Å². The van der Waals surface area contributed by atoms with E-state index in [4.69, 9.17) is 0 Å². The molecule has 312 valence electrons. The van der Waals surface area contributed by atoms with Crippen LogP contribution in [0.5, 0.6) is 0 Å². The van der Waals surface area contributed by atoms with Crippen molar-refractivity contribution in [2.24, 2.45) is 0 Å². The van der Waals surface area contributed by atoms with Gasteiger partial charge in [0, 0.05) is 38.8 Å². The van der Waals surface area contributed by atoms with Crippen molar-refractivity contribution in [1.82, 2.24) is 4.57 Å². The number of anilines is 3. The minimum atomic E-state index is -0.511. The molecule has 2 nitrogen and oxygen atoms in total. The summed E-state index contributed by atoms with van der Waals surface area (Å²) in [6.07, 6.45) is 0. The van der Waals surface area contributed by atoms with Crippen molar-refractivity contribution in [1.29, 1.82) is 0 Å². The maximum atomic E-state index is 2.51. The van der Waals surface area contributed by atoms with Crippen LogP contribution in [0.2, 0.25) is 0 Å². The van der Waals surface area contributed by atoms with Gasteiger partial charge in [0.05, 0.1) is 22.1 Å². The number of aromatic nitrogens is 1. The summed E-state index contributed by atoms with van der Waals surface area (Å²) in [5, 5.41) is 2.55. The molecule has 0 spiro atoms. The predicted octanol–water partition coefficient (Wildman–Crippen LogP) is 16.6. The Kier molecular flexibility index (Phi) is 8.51. The average molecular weight is 843 g/mol. The van der Waals surface area contributed by atoms with Crippen molar-refractivity contribution in [2.45, 2.75) is 24.7 Å². The second kappa shape index (κ2) is 14.7. The van der Waals surface area contributed by atoms with Crippen LogP contribution in [0.1, 0.15) is 47.2 Å². The van der Waals surface area contributed by atoms with E-state index in [0.717, 1.165) is 17.1 Å². The minimum absolute atomic E-state index is 0.265. The van der Waals surface area contributed by atoms with E-state index in [9.17, 15) is 0 Å². The van der Waals surface area contributed by atoms with Gasteiger partial charge < -0.3 is 9.47 Å². The van der Waals surface area contributed by atoms with Gasteiger partial charge in [-0.15, -0.1) is 0 Å². The summed E-state index contributed by atoms with van der Waals surface area (Å²) in [5.74, 6) is 0. The molecule has 2 heteroatoms. The van der Waals surface area contributed by atoms with E-state index in [2.05, 4.69) is 266 Å². The minimum Gasteiger partial charge on any atom is -0.310 e. The van der Waals surface area contributed by atoms with Crippen molar-refractivity contribution in [3.63, 3.8) is 0 Å². The quantitative estimate of drug-likeness (QED) is 0.155. The fourth-order valence-corrected chi connectivity index (χ4v) is 11.7. The van der Waals surface area contributed by atoms with Crippen molar-refractivity contribution in [3.8, 4) is 39.1 Å². The van der Waals surface area contributed by atoms with E-state index >= 15 is 0 Å². The second-order valence-corrected chi connectivity index (χ2v) is 18.4. The molecule has 0 N–H and O–H groups in total. The Morgan fingerprint density at radius 3 is 1.55 bits per heavy atom. The summed E-state index contributed by atoms with van der Waals surface area (Å²) in [4.78, 5) is 2.51. The van der Waals surface area contributed by atoms with Gasteiger partial charge in [-0.2, -0.15) is 0 Å². The lowest BCUT2D eigenvalue weighted by Crippen LogP contribution is -2.28. The molecule has 0 bridgehead atoms. The number of para-hydroxylation sites is 2. The third kappa shape index (κ3) is 5.48. The Hall–Kier alpha value is -8.20. The maximum Gasteiger partial charge on any atom is 0.0714 e. The van der Waals surface area contributed by atoms with Crippen LogP contribution in [0.4, 0.5) is 17.1 Å². The topological polar surface area (TPSA) is 8.17 Å². The van der Waals surface area contributed by atoms with E-state index in [-0.39, 0.29) is 5.41 Å². The molecule has 0 radical (unpaired) electrons. The fourth-order valence-electron chi connectivity index (χ4n) is 11.7. The molecule has 11 aromatic rings. The van der Waals surface area contributed by atoms with Crippen LogP contribution in [0.3, 0.4) is 0 Å². The molecule has 0 unspecified atom stereocenters. The zero-order valence-corrected chi connectivity index (χ0v) is 37.0. The molecule has 2 aliphatic carbocycles. The van der Waals surface area contributed by atoms with Gasteiger partial charge in [0.15, 0.2) is 0 Å². The molecule has 1 heterocycles. The van der Waals surface area contributed by atoms with Crippen LogP contribution in [0, 0.1) is 0 Å². The zero-order chi connectivity index (χ0) is 44.0. The Balaban J connectivity index is 1.01. The van der Waals surface area contributed by atoms with E-state index in [1.807, 2.05) is 0 Å². The summed E-state index contributed by atoms with van der Waals surface area (Å²) in [6, 6.07) is 90.0. The van der Waals surface area contributed by atoms with Crippen LogP contribution in [-0.2, 0) is 10.8 Å². The highest BCUT2D eigenvalue weighted by Gasteiger charge is 2.47. The zero-order valence-electron chi connectivity index (χ0n) is 37.0. The fraction of sp³-hybridized carbons (Fsp3) is 0.0625. The number of nitrogens with zero attached hydrogens (tertiary/aromatic N) is 2. The van der Waals surface area contributed by atoms with E-state index < -0.39 is 5.41 Å². The molecule has 0 saturated carbocycles. The SMILES string of the molecule is CC1(C)c2cc(N(c3ccc(-c4ccccc4)cc3)c3cccc4c3-c3ccccc3C4(c3ccccc3)c3ccccc3)ccc2-c2ccc(-n3c4ccccc4c4ccccc43)cc21. The molecule has 2 aliphatic rings. The standard InChI is InChI=1S/C64H46N2/c1-63(2)57-41-48(37-39-50(57)51-40-38-49(42-58(51)63)66-59-30-16-13-25-52(59)53-26-14-17-31-60(53)66)65(47-35-33-44(34-36-47)43-19-6-3-7-20-43)61-32-18-29-56-62(61)54-27-12-15-28-55(54)64(56,45-21-8-4-9-22-45)46-23-10-5-11-24-46/h3-42H,1-2H3. The first-order valence-corrected chi connectivity index (χ1v) is 23.1. The molecular formula is C64H46N2. The second-order valence-electron chi connectivity index (χ2n) is 18.4. The number of hydrogen-bond acceptors (Lipinski definition) is 1. The van der Waals surface area contributed by atoms with Gasteiger partial charge in [-0.05, 0) is 116 Å². The van der Waals surface area contributed by atoms with Crippen LogP contribution in [-0.4, -0.2) is 4.57 Å². The summed E-state index contributed by atoms with van der Waals surface area (Å²) in [6.45, 7) is 4.81. The van der Waals surface area contributed by atoms with E-state index in [0.29, 0.717) is 0 Å². The summed E-state index contributed by atoms with van der Waals surface area (Å²) >= 11 is 0. The highest BCUT2D eigenvalue weighted by atomic mass is 15.1. The molecule has 66 heavy (non-hydrogen) atoms. The number of rotatable bonds is 7. The van der Waals surface area contributed by atoms with Crippen LogP contribution < -0.4 is 4.90 Å². The summed E-state index contributed by atoms with van der Waals surface area (Å²) in [5.41, 5.74) is 21.6. The van der Waals surface area contributed by atoms with Crippen molar-refractivity contribution < 1.29 is 0 Å². The van der Waals surface area contributed by atoms with Gasteiger partial charge in [-0.3, -0.25) is 0 Å². The molecule has 0 aliphatic heterocycles. The largest absolute Gasteiger partial charge is 0.310 e. The monoisotopic (exact) mass is 842 g/mol. The molecule has 10 aromatic carbocycles. The number of benzene rings is 10. The van der Waals surface area contributed by atoms with E-state index in [1.54, 1.807) is 0 Å². The smallest absolute Gasteiger partial charge is 0.0714 e. The Bertz CT molecular complexity index is 3560. The molecular weight excluding hydrogens is 797 g/mol. The van der Waals surface area contributed by atoms with Crippen molar-refractivity contribution in [3.05, 3.63) is 276 Å². The lowest BCUT2D eigenvalue weighted by molar-refractivity contribution is 0.660. The lowest BCUT2D eigenvalue weighted by atomic mass is 9.68. The molecule has 0 atom stereocenters. The van der Waals surface area contributed by atoms with Crippen LogP contribution >= 0.6 is 0 Å². The number of hydrogen-bond donors (Lipinski definition) is 0. The van der Waals surface area contributed by atoms with Gasteiger partial charge in [0.1, 0.15) is 0 Å². The summed E-state index contributed by atoms with van der Waals surface area (Å²) < 4.78 is 2.44. The predicted molar refractivity (Wildman–Crippen MR) is 276 cm³/mol. The molecule has 0 saturated heterocycles. The third-order valence-electron chi connectivity index (χ3n) is 14.7. The van der Waals surface area contributed by atoms with Gasteiger partial charge in [-0.1, -0.05) is 202 Å². The Morgan fingerprint density at radius 1 is 0.364 bits per heavy atom. The van der Waals surface area contributed by atoms with Crippen LogP contribution in [0.15, 0.2) is 243 Å². The Morgan fingerprint density at radius 2 is 0.879 bits per heavy atom. The first-order chi connectivity index (χ1) is 32.5. The highest BCUT2D eigenvalue weighted by Crippen LogP contribution is 2.60. The van der Waals surface area contributed by atoms with Gasteiger partial charge in [0.2, 0.25) is 0 Å².